The lowest BCUT2D eigenvalue weighted by molar-refractivity contribution is -0.135. The van der Waals surface area contributed by atoms with Gasteiger partial charge in [0.2, 0.25) is 11.8 Å². The van der Waals surface area contributed by atoms with E-state index in [4.69, 9.17) is 13.9 Å². The van der Waals surface area contributed by atoms with Crippen molar-refractivity contribution in [3.05, 3.63) is 34.3 Å². The Hall–Kier alpha value is -3.58. The summed E-state index contributed by atoms with van der Waals surface area (Å²) in [4.78, 5) is 50.1. The second-order valence-corrected chi connectivity index (χ2v) is 9.64. The molecule has 0 spiro atoms. The van der Waals surface area contributed by atoms with Gasteiger partial charge in [0.1, 0.15) is 18.2 Å². The number of ether oxygens (including phenoxy) is 2. The average molecular weight is 484 g/mol. The Balaban J connectivity index is 1.37. The van der Waals surface area contributed by atoms with E-state index in [1.807, 2.05) is 20.8 Å². The maximum absolute atomic E-state index is 12.5. The smallest absolute Gasteiger partial charge is 0.420 e. The first-order valence-corrected chi connectivity index (χ1v) is 11.7. The summed E-state index contributed by atoms with van der Waals surface area (Å²) in [7, 11) is 0. The van der Waals surface area contributed by atoms with Crippen LogP contribution in [0.2, 0.25) is 0 Å². The Bertz CT molecular complexity index is 1250. The fraction of sp³-hybridized carbons (Fsp3) is 0.520. The van der Waals surface area contributed by atoms with Crippen LogP contribution in [0, 0.1) is 11.8 Å². The molecule has 0 radical (unpaired) electrons. The maximum atomic E-state index is 12.5. The predicted molar refractivity (Wildman–Crippen MR) is 126 cm³/mol. The Morgan fingerprint density at radius 1 is 1.17 bits per heavy atom. The molecule has 3 heterocycles. The number of rotatable bonds is 3. The van der Waals surface area contributed by atoms with Crippen LogP contribution in [0.15, 0.2) is 27.4 Å². The first kappa shape index (κ1) is 24.5. The SMILES string of the molecule is CC(C)(C)OC(=O)N1CCC(OCC#Cc2cccc3c2oc(=O)n3C2CCC(=O)NC2=O)CC1. The van der Waals surface area contributed by atoms with Crippen molar-refractivity contribution in [1.29, 1.82) is 0 Å². The molecule has 2 saturated heterocycles. The molecule has 35 heavy (non-hydrogen) atoms. The van der Waals surface area contributed by atoms with Crippen LogP contribution in [0.5, 0.6) is 0 Å². The highest BCUT2D eigenvalue weighted by Gasteiger charge is 2.31. The molecule has 10 nitrogen and oxygen atoms in total. The number of piperidine rings is 2. The largest absolute Gasteiger partial charge is 0.444 e. The van der Waals surface area contributed by atoms with Crippen LogP contribution in [0.4, 0.5) is 4.79 Å². The number of carbonyl (C=O) groups excluding carboxylic acids is 3. The van der Waals surface area contributed by atoms with Gasteiger partial charge < -0.3 is 18.8 Å². The summed E-state index contributed by atoms with van der Waals surface area (Å²) in [6.45, 7) is 6.83. The number of hydrogen-bond donors (Lipinski definition) is 1. The van der Waals surface area contributed by atoms with Crippen LogP contribution in [-0.4, -0.2) is 58.8 Å². The van der Waals surface area contributed by atoms with Crippen LogP contribution in [-0.2, 0) is 19.1 Å². The van der Waals surface area contributed by atoms with E-state index in [9.17, 15) is 19.2 Å². The molecule has 1 N–H and O–H groups in total. The van der Waals surface area contributed by atoms with Crippen LogP contribution >= 0.6 is 0 Å². The molecule has 1 unspecified atom stereocenters. The quantitative estimate of drug-likeness (QED) is 0.526. The van der Waals surface area contributed by atoms with Gasteiger partial charge in [-0.25, -0.2) is 9.59 Å². The standard InChI is InChI=1S/C25H29N3O7/c1-25(2,3)35-23(31)27-13-11-17(12-14-27)33-15-5-7-16-6-4-8-18-21(16)34-24(32)28(18)19-9-10-20(29)26-22(19)30/h4,6,8,17,19H,9-15H2,1-3H3,(H,26,29,30). The zero-order valence-corrected chi connectivity index (χ0v) is 20.1. The summed E-state index contributed by atoms with van der Waals surface area (Å²) < 4.78 is 18.0. The molecule has 10 heteroatoms. The number of para-hydroxylation sites is 1. The van der Waals surface area contributed by atoms with E-state index < -0.39 is 23.3 Å². The number of fused-ring (bicyclic) bond motifs is 1. The fourth-order valence-corrected chi connectivity index (χ4v) is 4.20. The molecule has 1 atom stereocenters. The molecule has 0 saturated carbocycles. The number of nitrogens with zero attached hydrogens (tertiary/aromatic N) is 2. The summed E-state index contributed by atoms with van der Waals surface area (Å²) >= 11 is 0. The number of amides is 3. The highest BCUT2D eigenvalue weighted by atomic mass is 16.6. The maximum Gasteiger partial charge on any atom is 0.420 e. The molecule has 0 aliphatic carbocycles. The van der Waals surface area contributed by atoms with Crippen LogP contribution < -0.4 is 11.1 Å². The third-order valence-corrected chi connectivity index (χ3v) is 5.87. The Labute approximate surface area is 202 Å². The van der Waals surface area contributed by atoms with Crippen molar-refractivity contribution in [3.8, 4) is 11.8 Å². The normalized spacial score (nSPS) is 19.3. The van der Waals surface area contributed by atoms with E-state index in [2.05, 4.69) is 17.2 Å². The van der Waals surface area contributed by atoms with Gasteiger partial charge in [0, 0.05) is 19.5 Å². The van der Waals surface area contributed by atoms with Crippen molar-refractivity contribution in [1.82, 2.24) is 14.8 Å². The number of benzene rings is 1. The molecular weight excluding hydrogens is 454 g/mol. The van der Waals surface area contributed by atoms with Gasteiger partial charge in [0.25, 0.3) is 0 Å². The number of oxazole rings is 1. The van der Waals surface area contributed by atoms with Gasteiger partial charge in [0.15, 0.2) is 5.58 Å². The molecule has 0 bridgehead atoms. The molecule has 3 amide bonds. The van der Waals surface area contributed by atoms with Gasteiger partial charge in [-0.1, -0.05) is 17.9 Å². The summed E-state index contributed by atoms with van der Waals surface area (Å²) in [6, 6.07) is 4.34. The van der Waals surface area contributed by atoms with Crippen molar-refractivity contribution < 1.29 is 28.3 Å². The van der Waals surface area contributed by atoms with E-state index in [1.165, 1.54) is 4.57 Å². The van der Waals surface area contributed by atoms with Crippen LogP contribution in [0.3, 0.4) is 0 Å². The van der Waals surface area contributed by atoms with Crippen LogP contribution in [0.25, 0.3) is 11.1 Å². The molecule has 2 aliphatic rings. The number of nitrogens with one attached hydrogen (secondary N) is 1. The van der Waals surface area contributed by atoms with Crippen LogP contribution in [0.1, 0.15) is 58.1 Å². The minimum absolute atomic E-state index is 0.00896. The van der Waals surface area contributed by atoms with Crippen molar-refractivity contribution >= 4 is 29.0 Å². The van der Waals surface area contributed by atoms with Gasteiger partial charge in [-0.3, -0.25) is 19.5 Å². The number of hydrogen-bond acceptors (Lipinski definition) is 7. The van der Waals surface area contributed by atoms with E-state index in [1.54, 1.807) is 23.1 Å². The predicted octanol–water partition coefficient (Wildman–Crippen LogP) is 2.34. The highest BCUT2D eigenvalue weighted by molar-refractivity contribution is 6.00. The zero-order valence-electron chi connectivity index (χ0n) is 20.1. The zero-order chi connectivity index (χ0) is 25.2. The first-order valence-electron chi connectivity index (χ1n) is 11.7. The Morgan fingerprint density at radius 2 is 1.91 bits per heavy atom. The van der Waals surface area contributed by atoms with Crippen molar-refractivity contribution in [3.63, 3.8) is 0 Å². The highest BCUT2D eigenvalue weighted by Crippen LogP contribution is 2.25. The van der Waals surface area contributed by atoms with Gasteiger partial charge >= 0.3 is 11.8 Å². The summed E-state index contributed by atoms with van der Waals surface area (Å²) in [5.41, 5.74) is 0.728. The van der Waals surface area contributed by atoms with Crippen molar-refractivity contribution in [2.24, 2.45) is 0 Å². The van der Waals surface area contributed by atoms with E-state index in [-0.39, 0.29) is 37.6 Å². The fourth-order valence-electron chi connectivity index (χ4n) is 4.20. The third kappa shape index (κ3) is 5.74. The molecule has 2 aliphatic heterocycles. The lowest BCUT2D eigenvalue weighted by Gasteiger charge is -2.33. The van der Waals surface area contributed by atoms with Gasteiger partial charge in [-0.15, -0.1) is 0 Å². The Morgan fingerprint density at radius 3 is 2.60 bits per heavy atom. The topological polar surface area (TPSA) is 120 Å². The monoisotopic (exact) mass is 483 g/mol. The molecular formula is C25H29N3O7. The van der Waals surface area contributed by atoms with Gasteiger partial charge in [-0.2, -0.15) is 0 Å². The summed E-state index contributed by atoms with van der Waals surface area (Å²) in [6.07, 6.45) is 1.46. The van der Waals surface area contributed by atoms with Crippen molar-refractivity contribution in [2.45, 2.75) is 64.2 Å². The van der Waals surface area contributed by atoms with Gasteiger partial charge in [-0.05, 0) is 52.2 Å². The summed E-state index contributed by atoms with van der Waals surface area (Å²) in [5, 5.41) is 2.26. The van der Waals surface area contributed by atoms with E-state index in [0.29, 0.717) is 42.6 Å². The molecule has 186 valence electrons. The number of likely N-dealkylation sites (tertiary alicyclic amines) is 1. The minimum atomic E-state index is -0.806. The molecule has 1 aromatic heterocycles. The second-order valence-electron chi connectivity index (χ2n) is 9.64. The van der Waals surface area contributed by atoms with E-state index in [0.717, 1.165) is 0 Å². The average Bonchev–Trinajstić information content (AvgIpc) is 3.12. The minimum Gasteiger partial charge on any atom is -0.444 e. The Kier molecular flexibility index (Phi) is 6.98. The number of carbonyl (C=O) groups is 3. The lowest BCUT2D eigenvalue weighted by atomic mass is 10.1. The third-order valence-electron chi connectivity index (χ3n) is 5.87. The van der Waals surface area contributed by atoms with Crippen molar-refractivity contribution in [2.75, 3.05) is 19.7 Å². The molecule has 2 fully saturated rings. The lowest BCUT2D eigenvalue weighted by Crippen LogP contribution is -2.43. The summed E-state index contributed by atoms with van der Waals surface area (Å²) in [5.74, 6) is 4.40. The van der Waals surface area contributed by atoms with E-state index >= 15 is 0 Å². The molecule has 4 rings (SSSR count). The molecule has 2 aromatic rings. The second kappa shape index (κ2) is 9.96. The molecule has 1 aromatic carbocycles. The first-order chi connectivity index (χ1) is 16.6. The number of imide groups is 1. The van der Waals surface area contributed by atoms with Gasteiger partial charge in [0.05, 0.1) is 17.2 Å². The number of aromatic nitrogens is 1.